The third kappa shape index (κ3) is 1.21. The standard InChI is InChI=1S/C8H13NO/c1-6-4-10-5-7(6)8(2,3)9/h4-5H,9H2,1-3H3. The summed E-state index contributed by atoms with van der Waals surface area (Å²) in [4.78, 5) is 0. The first-order valence-electron chi connectivity index (χ1n) is 3.34. The van der Waals surface area contributed by atoms with Crippen LogP contribution >= 0.6 is 0 Å². The van der Waals surface area contributed by atoms with Gasteiger partial charge in [0.2, 0.25) is 0 Å². The minimum atomic E-state index is -0.281. The van der Waals surface area contributed by atoms with Gasteiger partial charge < -0.3 is 10.2 Å². The van der Waals surface area contributed by atoms with Crippen molar-refractivity contribution in [3.8, 4) is 0 Å². The molecule has 0 spiro atoms. The Balaban J connectivity index is 3.05. The van der Waals surface area contributed by atoms with Crippen LogP contribution in [0.5, 0.6) is 0 Å². The molecule has 0 saturated carbocycles. The van der Waals surface area contributed by atoms with Gasteiger partial charge in [-0.15, -0.1) is 0 Å². The van der Waals surface area contributed by atoms with Gasteiger partial charge in [-0.25, -0.2) is 0 Å². The van der Waals surface area contributed by atoms with Crippen molar-refractivity contribution in [3.05, 3.63) is 23.7 Å². The van der Waals surface area contributed by atoms with E-state index in [2.05, 4.69) is 0 Å². The fourth-order valence-corrected chi connectivity index (χ4v) is 1.02. The van der Waals surface area contributed by atoms with Crippen LogP contribution in [0.25, 0.3) is 0 Å². The maximum absolute atomic E-state index is 5.84. The summed E-state index contributed by atoms with van der Waals surface area (Å²) in [5.41, 5.74) is 7.76. The highest BCUT2D eigenvalue weighted by atomic mass is 16.3. The van der Waals surface area contributed by atoms with Crippen molar-refractivity contribution in [3.63, 3.8) is 0 Å². The zero-order chi connectivity index (χ0) is 7.78. The Hall–Kier alpha value is -0.760. The lowest BCUT2D eigenvalue weighted by molar-refractivity contribution is 0.521. The SMILES string of the molecule is Cc1cocc1C(C)(C)N. The van der Waals surface area contributed by atoms with Crippen LogP contribution in [0.3, 0.4) is 0 Å². The fourth-order valence-electron chi connectivity index (χ4n) is 1.02. The maximum Gasteiger partial charge on any atom is 0.0955 e. The average molecular weight is 139 g/mol. The van der Waals surface area contributed by atoms with E-state index in [0.717, 1.165) is 11.1 Å². The molecule has 10 heavy (non-hydrogen) atoms. The maximum atomic E-state index is 5.84. The third-order valence-electron chi connectivity index (χ3n) is 1.55. The minimum Gasteiger partial charge on any atom is -0.472 e. The zero-order valence-electron chi connectivity index (χ0n) is 6.64. The summed E-state index contributed by atoms with van der Waals surface area (Å²) in [6, 6.07) is 0. The highest BCUT2D eigenvalue weighted by Crippen LogP contribution is 2.20. The van der Waals surface area contributed by atoms with Crippen molar-refractivity contribution >= 4 is 0 Å². The van der Waals surface area contributed by atoms with Crippen molar-refractivity contribution in [1.29, 1.82) is 0 Å². The van der Waals surface area contributed by atoms with Gasteiger partial charge in [0.25, 0.3) is 0 Å². The summed E-state index contributed by atoms with van der Waals surface area (Å²) in [6.07, 6.45) is 3.42. The third-order valence-corrected chi connectivity index (χ3v) is 1.55. The molecule has 56 valence electrons. The Kier molecular flexibility index (Phi) is 1.57. The van der Waals surface area contributed by atoms with Gasteiger partial charge in [0, 0.05) is 11.1 Å². The second-order valence-corrected chi connectivity index (χ2v) is 3.19. The Bertz CT molecular complexity index is 219. The normalized spacial score (nSPS) is 12.0. The second kappa shape index (κ2) is 2.13. The summed E-state index contributed by atoms with van der Waals surface area (Å²) in [5, 5.41) is 0. The van der Waals surface area contributed by atoms with E-state index in [1.165, 1.54) is 0 Å². The summed E-state index contributed by atoms with van der Waals surface area (Å²) in [5.74, 6) is 0. The molecule has 2 nitrogen and oxygen atoms in total. The van der Waals surface area contributed by atoms with Gasteiger partial charge in [-0.3, -0.25) is 0 Å². The molecule has 0 bridgehead atoms. The molecule has 2 heteroatoms. The van der Waals surface area contributed by atoms with Crippen LogP contribution in [0, 0.1) is 6.92 Å². The molecule has 1 aromatic rings. The highest BCUT2D eigenvalue weighted by Gasteiger charge is 2.17. The molecule has 0 aliphatic heterocycles. The monoisotopic (exact) mass is 139 g/mol. The van der Waals surface area contributed by atoms with E-state index in [-0.39, 0.29) is 5.54 Å². The lowest BCUT2D eigenvalue weighted by atomic mass is 9.96. The first-order chi connectivity index (χ1) is 4.52. The molecule has 0 aromatic carbocycles. The molecule has 0 fully saturated rings. The van der Waals surface area contributed by atoms with E-state index in [4.69, 9.17) is 10.2 Å². The van der Waals surface area contributed by atoms with Crippen molar-refractivity contribution in [2.45, 2.75) is 26.3 Å². The quantitative estimate of drug-likeness (QED) is 0.644. The minimum absolute atomic E-state index is 0.281. The molecular formula is C8H13NO. The Labute approximate surface area is 61.0 Å². The zero-order valence-corrected chi connectivity index (χ0v) is 6.64. The van der Waals surface area contributed by atoms with E-state index in [9.17, 15) is 0 Å². The van der Waals surface area contributed by atoms with Crippen LogP contribution < -0.4 is 5.73 Å². The molecule has 0 aliphatic carbocycles. The number of rotatable bonds is 1. The highest BCUT2D eigenvalue weighted by molar-refractivity contribution is 5.25. The Morgan fingerprint density at radius 2 is 2.00 bits per heavy atom. The molecule has 1 heterocycles. The average Bonchev–Trinajstić information content (AvgIpc) is 2.11. The molecule has 0 saturated heterocycles. The Morgan fingerprint density at radius 1 is 1.40 bits per heavy atom. The summed E-state index contributed by atoms with van der Waals surface area (Å²) >= 11 is 0. The predicted molar refractivity (Wildman–Crippen MR) is 40.7 cm³/mol. The number of furan rings is 1. The molecular weight excluding hydrogens is 126 g/mol. The number of aryl methyl sites for hydroxylation is 1. The van der Waals surface area contributed by atoms with Gasteiger partial charge in [0.05, 0.1) is 12.5 Å². The van der Waals surface area contributed by atoms with Crippen molar-refractivity contribution in [2.24, 2.45) is 5.73 Å². The first-order valence-corrected chi connectivity index (χ1v) is 3.34. The van der Waals surface area contributed by atoms with Crippen molar-refractivity contribution in [2.75, 3.05) is 0 Å². The van der Waals surface area contributed by atoms with Gasteiger partial charge in [-0.1, -0.05) is 0 Å². The van der Waals surface area contributed by atoms with Gasteiger partial charge in [-0.05, 0) is 26.3 Å². The fraction of sp³-hybridized carbons (Fsp3) is 0.500. The largest absolute Gasteiger partial charge is 0.472 e. The molecule has 0 aliphatic rings. The lowest BCUT2D eigenvalue weighted by Gasteiger charge is -2.16. The van der Waals surface area contributed by atoms with Crippen LogP contribution in [0.15, 0.2) is 16.9 Å². The summed E-state index contributed by atoms with van der Waals surface area (Å²) in [6.45, 7) is 5.92. The van der Waals surface area contributed by atoms with Crippen LogP contribution in [0.4, 0.5) is 0 Å². The van der Waals surface area contributed by atoms with Crippen LogP contribution in [-0.2, 0) is 5.54 Å². The predicted octanol–water partition coefficient (Wildman–Crippen LogP) is 1.78. The van der Waals surface area contributed by atoms with Gasteiger partial charge >= 0.3 is 0 Å². The van der Waals surface area contributed by atoms with Crippen molar-refractivity contribution in [1.82, 2.24) is 0 Å². The van der Waals surface area contributed by atoms with E-state index in [1.807, 2.05) is 20.8 Å². The summed E-state index contributed by atoms with van der Waals surface area (Å²) < 4.78 is 4.99. The molecule has 2 N–H and O–H groups in total. The Morgan fingerprint density at radius 3 is 2.20 bits per heavy atom. The van der Waals surface area contributed by atoms with Crippen LogP contribution in [0.1, 0.15) is 25.0 Å². The number of hydrogen-bond acceptors (Lipinski definition) is 2. The van der Waals surface area contributed by atoms with Gasteiger partial charge in [0.15, 0.2) is 0 Å². The van der Waals surface area contributed by atoms with Gasteiger partial charge in [-0.2, -0.15) is 0 Å². The van der Waals surface area contributed by atoms with Crippen LogP contribution in [0.2, 0.25) is 0 Å². The lowest BCUT2D eigenvalue weighted by Crippen LogP contribution is -2.28. The van der Waals surface area contributed by atoms with E-state index in [0.29, 0.717) is 0 Å². The number of nitrogens with two attached hydrogens (primary N) is 1. The smallest absolute Gasteiger partial charge is 0.0955 e. The van der Waals surface area contributed by atoms with E-state index in [1.54, 1.807) is 12.5 Å². The first kappa shape index (κ1) is 7.35. The van der Waals surface area contributed by atoms with Crippen LogP contribution in [-0.4, -0.2) is 0 Å². The van der Waals surface area contributed by atoms with E-state index < -0.39 is 0 Å². The topological polar surface area (TPSA) is 39.2 Å². The van der Waals surface area contributed by atoms with Gasteiger partial charge in [0.1, 0.15) is 0 Å². The molecule has 1 aromatic heterocycles. The van der Waals surface area contributed by atoms with Crippen molar-refractivity contribution < 1.29 is 4.42 Å². The molecule has 1 rings (SSSR count). The van der Waals surface area contributed by atoms with E-state index >= 15 is 0 Å². The number of hydrogen-bond donors (Lipinski definition) is 1. The molecule has 0 unspecified atom stereocenters. The molecule has 0 atom stereocenters. The second-order valence-electron chi connectivity index (χ2n) is 3.19. The molecule has 0 amide bonds. The molecule has 0 radical (unpaired) electrons. The summed E-state index contributed by atoms with van der Waals surface area (Å²) in [7, 11) is 0.